The molecule has 7 nitrogen and oxygen atoms in total. The molecule has 6 atom stereocenters. The van der Waals surface area contributed by atoms with Crippen LogP contribution >= 0.6 is 23.4 Å². The highest BCUT2D eigenvalue weighted by Gasteiger charge is 2.78. The van der Waals surface area contributed by atoms with Crippen molar-refractivity contribution in [3.63, 3.8) is 0 Å². The van der Waals surface area contributed by atoms with Crippen LogP contribution in [0.5, 0.6) is 0 Å². The van der Waals surface area contributed by atoms with Gasteiger partial charge >= 0.3 is 0 Å². The van der Waals surface area contributed by atoms with Crippen molar-refractivity contribution in [1.29, 1.82) is 0 Å². The minimum atomic E-state index is -0.870. The van der Waals surface area contributed by atoms with Gasteiger partial charge in [-0.25, -0.2) is 0 Å². The maximum Gasteiger partial charge on any atom is 0.251 e. The highest BCUT2D eigenvalue weighted by molar-refractivity contribution is 8.02. The molecule has 43 heavy (non-hydrogen) atoms. The molecule has 1 spiro atoms. The Morgan fingerprint density at radius 3 is 2.40 bits per heavy atom. The summed E-state index contributed by atoms with van der Waals surface area (Å²) >= 11 is 8.20. The predicted octanol–water partition coefficient (Wildman–Crippen LogP) is 5.33. The standard InChI is InChI=1S/C34H40ClN3O4S/c1-5-19-36(21-23-13-9-8-10-14-23)30(40)27-28-31(41)38(24(7-3)22-39)29(34(28)18-17-33(27,4)43-34)32(42)37(20-6-2)26-16-12-11-15-25(26)35/h5-6,8-16,24,27-29,39H,1-2,7,17-22H2,3-4H3/t24-,27+,28-,29?,33-,34?/m0/s1. The number of thioether (sulfide) groups is 1. The van der Waals surface area contributed by atoms with Crippen LogP contribution in [0.25, 0.3) is 0 Å². The van der Waals surface area contributed by atoms with Crippen molar-refractivity contribution < 1.29 is 19.5 Å². The average Bonchev–Trinajstić information content (AvgIpc) is 3.57. The summed E-state index contributed by atoms with van der Waals surface area (Å²) in [6.07, 6.45) is 5.15. The number of halogens is 1. The van der Waals surface area contributed by atoms with Crippen molar-refractivity contribution >= 4 is 46.8 Å². The Hall–Kier alpha value is -3.07. The van der Waals surface area contributed by atoms with Gasteiger partial charge in [0.25, 0.3) is 5.91 Å². The van der Waals surface area contributed by atoms with Gasteiger partial charge in [-0.05, 0) is 43.9 Å². The van der Waals surface area contributed by atoms with Crippen LogP contribution in [0, 0.1) is 11.8 Å². The van der Waals surface area contributed by atoms with Crippen LogP contribution in [-0.4, -0.2) is 73.9 Å². The Bertz CT molecular complexity index is 1400. The first kappa shape index (κ1) is 31.4. The van der Waals surface area contributed by atoms with E-state index in [-0.39, 0.29) is 30.9 Å². The maximum atomic E-state index is 14.8. The van der Waals surface area contributed by atoms with Gasteiger partial charge in [0.05, 0.1) is 39.9 Å². The Morgan fingerprint density at radius 1 is 1.09 bits per heavy atom. The third-order valence-corrected chi connectivity index (χ3v) is 11.7. The summed E-state index contributed by atoms with van der Waals surface area (Å²) in [5.74, 6) is -1.92. The molecule has 0 radical (unpaired) electrons. The molecule has 2 aromatic rings. The van der Waals surface area contributed by atoms with Gasteiger partial charge in [-0.2, -0.15) is 0 Å². The largest absolute Gasteiger partial charge is 0.394 e. The number of benzene rings is 2. The Balaban J connectivity index is 1.60. The summed E-state index contributed by atoms with van der Waals surface area (Å²) in [6.45, 7) is 12.4. The topological polar surface area (TPSA) is 81.2 Å². The molecular formula is C34H40ClN3O4S. The molecule has 3 aliphatic heterocycles. The van der Waals surface area contributed by atoms with Crippen molar-refractivity contribution in [2.45, 2.75) is 61.2 Å². The van der Waals surface area contributed by atoms with Gasteiger partial charge in [0.2, 0.25) is 11.8 Å². The average molecular weight is 622 g/mol. The third kappa shape index (κ3) is 5.21. The second-order valence-corrected chi connectivity index (χ2v) is 14.2. The van der Waals surface area contributed by atoms with Crippen molar-refractivity contribution in [1.82, 2.24) is 9.80 Å². The normalized spacial score (nSPS) is 28.0. The smallest absolute Gasteiger partial charge is 0.251 e. The van der Waals surface area contributed by atoms with E-state index in [9.17, 15) is 19.5 Å². The molecule has 5 rings (SSSR count). The number of para-hydroxylation sites is 1. The van der Waals surface area contributed by atoms with Crippen LogP contribution in [0.3, 0.4) is 0 Å². The first-order chi connectivity index (χ1) is 20.7. The molecular weight excluding hydrogens is 582 g/mol. The highest BCUT2D eigenvalue weighted by Crippen LogP contribution is 2.72. The van der Waals surface area contributed by atoms with Crippen LogP contribution in [0.2, 0.25) is 5.02 Å². The number of hydrogen-bond acceptors (Lipinski definition) is 5. The van der Waals surface area contributed by atoms with Gasteiger partial charge in [-0.15, -0.1) is 24.9 Å². The zero-order valence-electron chi connectivity index (χ0n) is 24.8. The molecule has 3 amide bonds. The van der Waals surface area contributed by atoms with Crippen LogP contribution in [0.15, 0.2) is 79.9 Å². The van der Waals surface area contributed by atoms with E-state index in [0.29, 0.717) is 43.1 Å². The first-order valence-corrected chi connectivity index (χ1v) is 16.1. The first-order valence-electron chi connectivity index (χ1n) is 14.9. The van der Waals surface area contributed by atoms with Crippen molar-refractivity contribution in [3.8, 4) is 0 Å². The van der Waals surface area contributed by atoms with Crippen LogP contribution in [-0.2, 0) is 20.9 Å². The van der Waals surface area contributed by atoms with E-state index in [0.717, 1.165) is 5.56 Å². The summed E-state index contributed by atoms with van der Waals surface area (Å²) in [5.41, 5.74) is 1.53. The van der Waals surface area contributed by atoms with Gasteiger partial charge in [-0.3, -0.25) is 14.4 Å². The number of rotatable bonds is 12. The number of aliphatic hydroxyl groups excluding tert-OH is 1. The lowest BCUT2D eigenvalue weighted by Crippen LogP contribution is -2.57. The quantitative estimate of drug-likeness (QED) is 0.324. The fraction of sp³-hybridized carbons (Fsp3) is 0.441. The molecule has 0 saturated carbocycles. The molecule has 9 heteroatoms. The van der Waals surface area contributed by atoms with E-state index in [1.165, 1.54) is 0 Å². The summed E-state index contributed by atoms with van der Waals surface area (Å²) in [6, 6.07) is 15.5. The molecule has 3 aliphatic rings. The van der Waals surface area contributed by atoms with E-state index in [1.807, 2.05) is 43.3 Å². The lowest BCUT2D eigenvalue weighted by atomic mass is 9.66. The molecule has 2 unspecified atom stereocenters. The Morgan fingerprint density at radius 2 is 1.77 bits per heavy atom. The number of anilines is 1. The molecule has 2 bridgehead atoms. The number of hydrogen-bond donors (Lipinski definition) is 1. The number of aliphatic hydroxyl groups is 1. The van der Waals surface area contributed by atoms with E-state index < -0.39 is 33.4 Å². The molecule has 228 valence electrons. The molecule has 3 saturated heterocycles. The number of fused-ring (bicyclic) bond motifs is 1. The van der Waals surface area contributed by atoms with Gasteiger partial charge < -0.3 is 19.8 Å². The molecule has 1 N–H and O–H groups in total. The molecule has 3 heterocycles. The number of carbonyl (C=O) groups excluding carboxylic acids is 3. The molecule has 0 aliphatic carbocycles. The number of carbonyl (C=O) groups is 3. The highest BCUT2D eigenvalue weighted by atomic mass is 35.5. The van der Waals surface area contributed by atoms with Crippen LogP contribution in [0.1, 0.15) is 38.7 Å². The van der Waals surface area contributed by atoms with E-state index >= 15 is 0 Å². The van der Waals surface area contributed by atoms with E-state index in [1.54, 1.807) is 56.8 Å². The van der Waals surface area contributed by atoms with Gasteiger partial charge in [0, 0.05) is 24.4 Å². The van der Waals surface area contributed by atoms with Crippen molar-refractivity contribution in [2.75, 3.05) is 24.6 Å². The van der Waals surface area contributed by atoms with Crippen LogP contribution < -0.4 is 4.90 Å². The van der Waals surface area contributed by atoms with Crippen LogP contribution in [0.4, 0.5) is 5.69 Å². The molecule has 2 aromatic carbocycles. The number of nitrogens with zero attached hydrogens (tertiary/aromatic N) is 3. The number of amides is 3. The minimum absolute atomic E-state index is 0.0992. The zero-order chi connectivity index (χ0) is 30.9. The van der Waals surface area contributed by atoms with E-state index in [4.69, 9.17) is 11.6 Å². The van der Waals surface area contributed by atoms with Gasteiger partial charge in [-0.1, -0.05) is 73.1 Å². The van der Waals surface area contributed by atoms with Crippen molar-refractivity contribution in [2.24, 2.45) is 11.8 Å². The fourth-order valence-electron chi connectivity index (χ4n) is 7.47. The van der Waals surface area contributed by atoms with Crippen molar-refractivity contribution in [3.05, 3.63) is 90.5 Å². The van der Waals surface area contributed by atoms with Gasteiger partial charge in [0.15, 0.2) is 0 Å². The third-order valence-electron chi connectivity index (χ3n) is 9.39. The summed E-state index contributed by atoms with van der Waals surface area (Å²) in [4.78, 5) is 48.9. The maximum absolute atomic E-state index is 14.8. The number of likely N-dealkylation sites (tertiary alicyclic amines) is 1. The Kier molecular flexibility index (Phi) is 9.12. The second kappa shape index (κ2) is 12.5. The summed E-state index contributed by atoms with van der Waals surface area (Å²) in [7, 11) is 0. The fourth-order valence-corrected chi connectivity index (χ4v) is 10.0. The minimum Gasteiger partial charge on any atom is -0.394 e. The van der Waals surface area contributed by atoms with E-state index in [2.05, 4.69) is 20.1 Å². The summed E-state index contributed by atoms with van der Waals surface area (Å²) in [5, 5.41) is 10.9. The Labute approximate surface area is 263 Å². The lowest BCUT2D eigenvalue weighted by molar-refractivity contribution is -0.146. The zero-order valence-corrected chi connectivity index (χ0v) is 26.4. The summed E-state index contributed by atoms with van der Waals surface area (Å²) < 4.78 is -1.34. The molecule has 0 aromatic heterocycles. The lowest BCUT2D eigenvalue weighted by Gasteiger charge is -2.39. The van der Waals surface area contributed by atoms with Gasteiger partial charge in [0.1, 0.15) is 6.04 Å². The molecule has 3 fully saturated rings. The second-order valence-electron chi connectivity index (χ2n) is 11.9. The monoisotopic (exact) mass is 621 g/mol. The predicted molar refractivity (Wildman–Crippen MR) is 173 cm³/mol. The SMILES string of the molecule is C=CCN(Cc1ccccc1)C(=O)[C@H]1[C@H]2C(=O)N([C@@H](CC)CO)C(C(=O)N(CC=C)c3ccccc3Cl)C23CC[C@]1(C)S3.